The molecule has 0 saturated carbocycles. The number of ether oxygens (including phenoxy) is 1. The lowest BCUT2D eigenvalue weighted by Gasteiger charge is -2.29. The highest BCUT2D eigenvalue weighted by Gasteiger charge is 2.53. The van der Waals surface area contributed by atoms with E-state index >= 15 is 0 Å². The number of rotatable bonds is 3. The number of hydrogen-bond acceptors (Lipinski definition) is 7. The number of hydrogen-bond donors (Lipinski definition) is 1. The molecule has 4 rings (SSSR count). The zero-order valence-electron chi connectivity index (χ0n) is 14.7. The molecule has 0 aliphatic carbocycles. The van der Waals surface area contributed by atoms with Gasteiger partial charge in [0.05, 0.1) is 10.3 Å². The van der Waals surface area contributed by atoms with Gasteiger partial charge in [0.2, 0.25) is 5.91 Å². The maximum atomic E-state index is 12.5. The van der Waals surface area contributed by atoms with Gasteiger partial charge in [-0.1, -0.05) is 0 Å². The van der Waals surface area contributed by atoms with Crippen molar-refractivity contribution < 1.29 is 14.3 Å². The predicted octanol–water partition coefficient (Wildman–Crippen LogP) is 2.10. The van der Waals surface area contributed by atoms with E-state index in [2.05, 4.69) is 9.97 Å². The van der Waals surface area contributed by atoms with Crippen molar-refractivity contribution in [2.75, 3.05) is 5.75 Å². The number of amides is 1. The van der Waals surface area contributed by atoms with Crippen LogP contribution in [0.3, 0.4) is 0 Å². The average Bonchev–Trinajstić information content (AvgIpc) is 3.18. The van der Waals surface area contributed by atoms with Crippen LogP contribution in [0.25, 0.3) is 10.2 Å². The number of H-pyrrole nitrogens is 1. The molecule has 0 spiro atoms. The number of nitrogens with one attached hydrogen (secondary N) is 1. The third kappa shape index (κ3) is 2.64. The lowest BCUT2D eigenvalue weighted by Crippen LogP contribution is -2.46. The van der Waals surface area contributed by atoms with Crippen molar-refractivity contribution in [3.8, 4) is 0 Å². The van der Waals surface area contributed by atoms with Crippen LogP contribution in [-0.2, 0) is 20.9 Å². The molecule has 2 atom stereocenters. The summed E-state index contributed by atoms with van der Waals surface area (Å²) in [5.74, 6) is 0.404. The Bertz CT molecular complexity index is 982. The number of carbonyl (C=O) groups is 2. The van der Waals surface area contributed by atoms with Crippen LogP contribution in [0, 0.1) is 13.8 Å². The van der Waals surface area contributed by atoms with E-state index in [4.69, 9.17) is 4.74 Å². The first-order valence-electron chi connectivity index (χ1n) is 8.42. The Morgan fingerprint density at radius 1 is 1.42 bits per heavy atom. The Labute approximate surface area is 158 Å². The third-order valence-electron chi connectivity index (χ3n) is 5.16. The summed E-state index contributed by atoms with van der Waals surface area (Å²) in [5, 5.41) is 0.591. The largest absolute Gasteiger partial charge is 0.456 e. The molecule has 0 unspecified atom stereocenters. The minimum Gasteiger partial charge on any atom is -0.456 e. The summed E-state index contributed by atoms with van der Waals surface area (Å²) in [5.41, 5.74) is 0.707. The van der Waals surface area contributed by atoms with E-state index < -0.39 is 12.0 Å². The van der Waals surface area contributed by atoms with Crippen LogP contribution in [0.15, 0.2) is 4.79 Å². The van der Waals surface area contributed by atoms with Gasteiger partial charge >= 0.3 is 5.97 Å². The van der Waals surface area contributed by atoms with Crippen LogP contribution in [0.2, 0.25) is 0 Å². The fraction of sp³-hybridized carbons (Fsp3) is 0.529. The van der Waals surface area contributed by atoms with Crippen molar-refractivity contribution in [2.24, 2.45) is 0 Å². The fourth-order valence-corrected chi connectivity index (χ4v) is 6.06. The van der Waals surface area contributed by atoms with Gasteiger partial charge in [0.15, 0.2) is 0 Å². The quantitative estimate of drug-likeness (QED) is 0.803. The van der Waals surface area contributed by atoms with E-state index in [-0.39, 0.29) is 22.9 Å². The highest BCUT2D eigenvalue weighted by Crippen LogP contribution is 2.47. The molecule has 1 N–H and O–H groups in total. The lowest BCUT2D eigenvalue weighted by molar-refractivity contribution is -0.154. The van der Waals surface area contributed by atoms with Gasteiger partial charge in [0, 0.05) is 17.1 Å². The first-order chi connectivity index (χ1) is 12.3. The highest BCUT2D eigenvalue weighted by molar-refractivity contribution is 8.01. The zero-order valence-corrected chi connectivity index (χ0v) is 16.4. The van der Waals surface area contributed by atoms with Crippen LogP contribution >= 0.6 is 23.1 Å². The van der Waals surface area contributed by atoms with E-state index in [0.29, 0.717) is 28.2 Å². The standard InChI is InChI=1S/C17H19N3O4S2/c1-8-9(2)26-15-13(8)14(22)18-11(19-15)6-24-16(23)10-7-25-17(3)5-4-12(21)20(10)17/h10H,4-7H2,1-3H3,(H,18,19,22)/t10-,17-/m1/s1. The SMILES string of the molecule is Cc1sc2nc(COC(=O)[C@H]3CS[C@]4(C)CCC(=O)N34)[nH]c(=O)c2c1C. The molecule has 2 aliphatic rings. The molecule has 4 heterocycles. The number of fused-ring (bicyclic) bond motifs is 2. The Hall–Kier alpha value is -1.87. The monoisotopic (exact) mass is 393 g/mol. The van der Waals surface area contributed by atoms with Gasteiger partial charge in [-0.2, -0.15) is 0 Å². The second kappa shape index (κ2) is 6.09. The van der Waals surface area contributed by atoms with Crippen LogP contribution in [0.4, 0.5) is 0 Å². The van der Waals surface area contributed by atoms with E-state index in [1.165, 1.54) is 11.3 Å². The van der Waals surface area contributed by atoms with E-state index in [1.54, 1.807) is 16.7 Å². The summed E-state index contributed by atoms with van der Waals surface area (Å²) >= 11 is 3.07. The molecular weight excluding hydrogens is 374 g/mol. The van der Waals surface area contributed by atoms with Crippen molar-refractivity contribution in [1.82, 2.24) is 14.9 Å². The molecule has 7 nitrogen and oxygen atoms in total. The second-order valence-electron chi connectivity index (χ2n) is 6.85. The first-order valence-corrected chi connectivity index (χ1v) is 10.2. The topological polar surface area (TPSA) is 92.4 Å². The Kier molecular flexibility index (Phi) is 4.11. The maximum Gasteiger partial charge on any atom is 0.330 e. The van der Waals surface area contributed by atoms with Crippen molar-refractivity contribution in [1.29, 1.82) is 0 Å². The number of aromatic nitrogens is 2. The summed E-state index contributed by atoms with van der Waals surface area (Å²) in [4.78, 5) is 47.1. The number of esters is 1. The molecule has 2 fully saturated rings. The Morgan fingerprint density at radius 2 is 2.19 bits per heavy atom. The molecule has 0 bridgehead atoms. The molecule has 0 aromatic carbocycles. The van der Waals surface area contributed by atoms with Crippen molar-refractivity contribution in [2.45, 2.75) is 51.1 Å². The van der Waals surface area contributed by atoms with Crippen molar-refractivity contribution in [3.05, 3.63) is 26.6 Å². The second-order valence-corrected chi connectivity index (χ2v) is 9.55. The third-order valence-corrected chi connectivity index (χ3v) is 7.76. The van der Waals surface area contributed by atoms with Gasteiger partial charge in [-0.15, -0.1) is 23.1 Å². The smallest absolute Gasteiger partial charge is 0.330 e. The summed E-state index contributed by atoms with van der Waals surface area (Å²) < 4.78 is 5.38. The zero-order chi connectivity index (χ0) is 18.6. The minimum atomic E-state index is -0.568. The van der Waals surface area contributed by atoms with Gasteiger partial charge < -0.3 is 14.6 Å². The van der Waals surface area contributed by atoms with Crippen LogP contribution in [0.5, 0.6) is 0 Å². The average molecular weight is 393 g/mol. The predicted molar refractivity (Wildman–Crippen MR) is 100 cm³/mol. The summed E-state index contributed by atoms with van der Waals surface area (Å²) in [6.45, 7) is 5.72. The molecule has 138 valence electrons. The summed E-state index contributed by atoms with van der Waals surface area (Å²) in [7, 11) is 0. The number of aryl methyl sites for hydroxylation is 2. The van der Waals surface area contributed by atoms with E-state index in [9.17, 15) is 14.4 Å². The molecule has 2 aliphatic heterocycles. The van der Waals surface area contributed by atoms with Crippen LogP contribution in [0.1, 0.15) is 36.0 Å². The molecule has 9 heteroatoms. The molecule has 2 saturated heterocycles. The lowest BCUT2D eigenvalue weighted by atomic mass is 10.2. The van der Waals surface area contributed by atoms with Gasteiger partial charge in [-0.05, 0) is 32.8 Å². The Balaban J connectivity index is 1.51. The van der Waals surface area contributed by atoms with Gasteiger partial charge in [-0.3, -0.25) is 9.59 Å². The molecule has 0 radical (unpaired) electrons. The Morgan fingerprint density at radius 3 is 2.96 bits per heavy atom. The van der Waals surface area contributed by atoms with Gasteiger partial charge in [0.1, 0.15) is 23.3 Å². The van der Waals surface area contributed by atoms with Crippen molar-refractivity contribution >= 4 is 45.2 Å². The maximum absolute atomic E-state index is 12.5. The number of thiophene rings is 1. The molecular formula is C17H19N3O4S2. The highest BCUT2D eigenvalue weighted by atomic mass is 32.2. The summed E-state index contributed by atoms with van der Waals surface area (Å²) in [6.07, 6.45) is 1.22. The number of aromatic amines is 1. The van der Waals surface area contributed by atoms with Gasteiger partial charge in [-0.25, -0.2) is 9.78 Å². The van der Waals surface area contributed by atoms with Crippen LogP contribution < -0.4 is 5.56 Å². The molecule has 2 aromatic heterocycles. The molecule has 1 amide bonds. The minimum absolute atomic E-state index is 0.00284. The van der Waals surface area contributed by atoms with E-state index in [0.717, 1.165) is 16.9 Å². The molecule has 26 heavy (non-hydrogen) atoms. The van der Waals surface area contributed by atoms with E-state index in [1.807, 2.05) is 20.8 Å². The normalized spacial score (nSPS) is 25.1. The number of thioether (sulfide) groups is 1. The first kappa shape index (κ1) is 17.5. The summed E-state index contributed by atoms with van der Waals surface area (Å²) in [6, 6.07) is -0.568. The van der Waals surface area contributed by atoms with Crippen LogP contribution in [-0.4, -0.2) is 43.4 Å². The fourth-order valence-electron chi connectivity index (χ4n) is 3.60. The van der Waals surface area contributed by atoms with Gasteiger partial charge in [0.25, 0.3) is 5.56 Å². The molecule has 2 aromatic rings. The van der Waals surface area contributed by atoms with Crippen molar-refractivity contribution in [3.63, 3.8) is 0 Å². The number of carbonyl (C=O) groups excluding carboxylic acids is 2. The number of nitrogens with zero attached hydrogens (tertiary/aromatic N) is 2.